The van der Waals surface area contributed by atoms with Gasteiger partial charge in [0.15, 0.2) is 5.96 Å². The minimum absolute atomic E-state index is 0.770. The van der Waals surface area contributed by atoms with E-state index in [1.165, 1.54) is 18.4 Å². The molecule has 0 saturated carbocycles. The minimum Gasteiger partial charge on any atom is -0.356 e. The number of rotatable bonds is 6. The summed E-state index contributed by atoms with van der Waals surface area (Å²) in [6, 6.07) is 10.4. The molecule has 0 aliphatic heterocycles. The van der Waals surface area contributed by atoms with Crippen LogP contribution in [0.15, 0.2) is 35.3 Å². The Balaban J connectivity index is 2.22. The molecule has 0 unspecified atom stereocenters. The van der Waals surface area contributed by atoms with E-state index in [2.05, 4.69) is 53.7 Å². The van der Waals surface area contributed by atoms with Gasteiger partial charge in [-0.05, 0) is 24.3 Å². The molecule has 3 nitrogen and oxygen atoms in total. The van der Waals surface area contributed by atoms with Crippen LogP contribution < -0.4 is 10.6 Å². The molecular weight excluding hydrogens is 222 g/mol. The van der Waals surface area contributed by atoms with Crippen molar-refractivity contribution in [2.45, 2.75) is 33.2 Å². The van der Waals surface area contributed by atoms with Crippen molar-refractivity contribution in [2.24, 2.45) is 10.9 Å². The molecule has 18 heavy (non-hydrogen) atoms. The smallest absolute Gasteiger partial charge is 0.191 e. The average molecular weight is 247 g/mol. The molecule has 2 N–H and O–H groups in total. The van der Waals surface area contributed by atoms with Crippen LogP contribution in [0.5, 0.6) is 0 Å². The Morgan fingerprint density at radius 1 is 1.17 bits per heavy atom. The van der Waals surface area contributed by atoms with E-state index in [-0.39, 0.29) is 0 Å². The van der Waals surface area contributed by atoms with Crippen LogP contribution in [0.2, 0.25) is 0 Å². The van der Waals surface area contributed by atoms with Crippen LogP contribution in [0, 0.1) is 5.92 Å². The summed E-state index contributed by atoms with van der Waals surface area (Å²) >= 11 is 0. The lowest BCUT2D eigenvalue weighted by Gasteiger charge is -2.12. The normalized spacial score (nSPS) is 11.7. The van der Waals surface area contributed by atoms with Gasteiger partial charge in [-0.1, -0.05) is 44.2 Å². The fourth-order valence-electron chi connectivity index (χ4n) is 1.72. The predicted molar refractivity (Wildman–Crippen MR) is 78.7 cm³/mol. The van der Waals surface area contributed by atoms with Crippen molar-refractivity contribution in [3.63, 3.8) is 0 Å². The van der Waals surface area contributed by atoms with E-state index < -0.39 is 0 Å². The van der Waals surface area contributed by atoms with Gasteiger partial charge in [0.25, 0.3) is 0 Å². The molecule has 0 fully saturated rings. The van der Waals surface area contributed by atoms with Gasteiger partial charge >= 0.3 is 0 Å². The van der Waals surface area contributed by atoms with Crippen LogP contribution in [0.25, 0.3) is 0 Å². The first-order chi connectivity index (χ1) is 8.72. The zero-order valence-electron chi connectivity index (χ0n) is 11.7. The molecule has 1 rings (SSSR count). The van der Waals surface area contributed by atoms with Gasteiger partial charge in [-0.25, -0.2) is 0 Å². The Hall–Kier alpha value is -1.51. The third-order valence-electron chi connectivity index (χ3n) is 2.78. The highest BCUT2D eigenvalue weighted by molar-refractivity contribution is 5.79. The van der Waals surface area contributed by atoms with Crippen LogP contribution in [-0.2, 0) is 6.54 Å². The van der Waals surface area contributed by atoms with Crippen molar-refractivity contribution < 1.29 is 0 Å². The summed E-state index contributed by atoms with van der Waals surface area (Å²) in [5, 5.41) is 6.65. The van der Waals surface area contributed by atoms with Crippen LogP contribution in [0.3, 0.4) is 0 Å². The number of guanidine groups is 1. The van der Waals surface area contributed by atoms with Crippen molar-refractivity contribution in [3.8, 4) is 0 Å². The number of benzene rings is 1. The highest BCUT2D eigenvalue weighted by Crippen LogP contribution is 2.01. The standard InChI is InChI=1S/C15H25N3/c1-13(2)8-7-11-17-15(16-3)18-12-14-9-5-4-6-10-14/h4-6,9-10,13H,7-8,11-12H2,1-3H3,(H2,16,17,18). The molecule has 0 radical (unpaired) electrons. The Morgan fingerprint density at radius 2 is 1.89 bits per heavy atom. The van der Waals surface area contributed by atoms with Crippen LogP contribution in [-0.4, -0.2) is 19.6 Å². The van der Waals surface area contributed by atoms with Gasteiger partial charge in [-0.15, -0.1) is 0 Å². The van der Waals surface area contributed by atoms with E-state index in [4.69, 9.17) is 0 Å². The molecule has 0 amide bonds. The first-order valence-electron chi connectivity index (χ1n) is 6.71. The summed E-state index contributed by atoms with van der Waals surface area (Å²) in [7, 11) is 1.81. The molecule has 100 valence electrons. The molecule has 0 heterocycles. The summed E-state index contributed by atoms with van der Waals surface area (Å²) in [6.45, 7) is 6.29. The molecule has 1 aromatic carbocycles. The number of hydrogen-bond donors (Lipinski definition) is 2. The van der Waals surface area contributed by atoms with Crippen molar-refractivity contribution >= 4 is 5.96 Å². The van der Waals surface area contributed by atoms with Gasteiger partial charge in [-0.2, -0.15) is 0 Å². The monoisotopic (exact) mass is 247 g/mol. The first kappa shape index (κ1) is 14.6. The van der Waals surface area contributed by atoms with Gasteiger partial charge in [0.05, 0.1) is 0 Å². The van der Waals surface area contributed by atoms with E-state index in [0.29, 0.717) is 0 Å². The molecule has 1 aromatic rings. The van der Waals surface area contributed by atoms with Gasteiger partial charge in [0, 0.05) is 20.1 Å². The second kappa shape index (κ2) is 8.56. The summed E-state index contributed by atoms with van der Waals surface area (Å²) in [5.41, 5.74) is 1.27. The maximum absolute atomic E-state index is 4.21. The van der Waals surface area contributed by atoms with E-state index >= 15 is 0 Å². The van der Waals surface area contributed by atoms with E-state index in [0.717, 1.165) is 25.0 Å². The zero-order chi connectivity index (χ0) is 13.2. The SMILES string of the molecule is CN=C(NCCCC(C)C)NCc1ccccc1. The lowest BCUT2D eigenvalue weighted by Crippen LogP contribution is -2.37. The van der Waals surface area contributed by atoms with Gasteiger partial charge in [-0.3, -0.25) is 4.99 Å². The Morgan fingerprint density at radius 3 is 2.50 bits per heavy atom. The zero-order valence-corrected chi connectivity index (χ0v) is 11.7. The molecule has 0 aliphatic carbocycles. The fourth-order valence-corrected chi connectivity index (χ4v) is 1.72. The quantitative estimate of drug-likeness (QED) is 0.461. The highest BCUT2D eigenvalue weighted by Gasteiger charge is 1.98. The van der Waals surface area contributed by atoms with Gasteiger partial charge < -0.3 is 10.6 Å². The molecule has 0 aromatic heterocycles. The van der Waals surface area contributed by atoms with E-state index in [9.17, 15) is 0 Å². The molecule has 0 aliphatic rings. The Labute approximate surface area is 111 Å². The molecule has 0 spiro atoms. The first-order valence-corrected chi connectivity index (χ1v) is 6.71. The van der Waals surface area contributed by atoms with Crippen molar-refractivity contribution in [2.75, 3.05) is 13.6 Å². The summed E-state index contributed by atoms with van der Waals surface area (Å²) in [6.07, 6.45) is 2.44. The predicted octanol–water partition coefficient (Wildman–Crippen LogP) is 2.79. The Bertz CT molecular complexity index is 344. The number of aliphatic imine (C=N–C) groups is 1. The second-order valence-corrected chi connectivity index (χ2v) is 4.87. The van der Waals surface area contributed by atoms with Crippen LogP contribution in [0.4, 0.5) is 0 Å². The lowest BCUT2D eigenvalue weighted by atomic mass is 10.1. The fraction of sp³-hybridized carbons (Fsp3) is 0.533. The topological polar surface area (TPSA) is 36.4 Å². The highest BCUT2D eigenvalue weighted by atomic mass is 15.2. The minimum atomic E-state index is 0.770. The summed E-state index contributed by atoms with van der Waals surface area (Å²) < 4.78 is 0. The van der Waals surface area contributed by atoms with E-state index in [1.807, 2.05) is 13.1 Å². The molecular formula is C15H25N3. The third kappa shape index (κ3) is 6.28. The maximum Gasteiger partial charge on any atom is 0.191 e. The molecule has 0 bridgehead atoms. The van der Waals surface area contributed by atoms with Gasteiger partial charge in [0.2, 0.25) is 0 Å². The average Bonchev–Trinajstić information content (AvgIpc) is 2.39. The largest absolute Gasteiger partial charge is 0.356 e. The van der Waals surface area contributed by atoms with Crippen molar-refractivity contribution in [1.82, 2.24) is 10.6 Å². The number of nitrogens with zero attached hydrogens (tertiary/aromatic N) is 1. The van der Waals surface area contributed by atoms with Crippen LogP contribution in [0.1, 0.15) is 32.3 Å². The summed E-state index contributed by atoms with van der Waals surface area (Å²) in [4.78, 5) is 4.21. The second-order valence-electron chi connectivity index (χ2n) is 4.87. The lowest BCUT2D eigenvalue weighted by molar-refractivity contribution is 0.549. The number of hydrogen-bond acceptors (Lipinski definition) is 1. The van der Waals surface area contributed by atoms with E-state index in [1.54, 1.807) is 0 Å². The molecule has 3 heteroatoms. The van der Waals surface area contributed by atoms with Crippen molar-refractivity contribution in [3.05, 3.63) is 35.9 Å². The number of nitrogens with one attached hydrogen (secondary N) is 2. The molecule has 0 saturated heterocycles. The Kier molecular flexibility index (Phi) is 6.92. The van der Waals surface area contributed by atoms with Crippen molar-refractivity contribution in [1.29, 1.82) is 0 Å². The van der Waals surface area contributed by atoms with Crippen LogP contribution >= 0.6 is 0 Å². The maximum atomic E-state index is 4.21. The third-order valence-corrected chi connectivity index (χ3v) is 2.78. The van der Waals surface area contributed by atoms with Gasteiger partial charge in [0.1, 0.15) is 0 Å². The molecule has 0 atom stereocenters. The summed E-state index contributed by atoms with van der Waals surface area (Å²) in [5.74, 6) is 1.65.